The van der Waals surface area contributed by atoms with Crippen LogP contribution in [0.4, 0.5) is 5.69 Å². The summed E-state index contributed by atoms with van der Waals surface area (Å²) in [6.07, 6.45) is 4.52. The van der Waals surface area contributed by atoms with E-state index in [4.69, 9.17) is 0 Å². The third kappa shape index (κ3) is 1.41. The monoisotopic (exact) mass is 193 g/mol. The Balaban J connectivity index is 2.08. The van der Waals surface area contributed by atoms with E-state index in [-0.39, 0.29) is 0 Å². The van der Waals surface area contributed by atoms with E-state index in [0.717, 1.165) is 0 Å². The molecule has 1 heterocycles. The van der Waals surface area contributed by atoms with Gasteiger partial charge < -0.3 is 5.32 Å². The van der Waals surface area contributed by atoms with Gasteiger partial charge in [-0.1, -0.05) is 13.8 Å². The van der Waals surface area contributed by atoms with Crippen LogP contribution in [-0.4, -0.2) is 15.8 Å². The molecule has 1 unspecified atom stereocenters. The predicted molar refractivity (Wildman–Crippen MR) is 58.4 cm³/mol. The van der Waals surface area contributed by atoms with E-state index in [1.807, 2.05) is 17.9 Å². The minimum Gasteiger partial charge on any atom is -0.379 e. The summed E-state index contributed by atoms with van der Waals surface area (Å²) in [5.41, 5.74) is 2.85. The average molecular weight is 193 g/mol. The number of hydrogen-bond donors (Lipinski definition) is 1. The van der Waals surface area contributed by atoms with Gasteiger partial charge in [-0.05, 0) is 25.2 Å². The maximum absolute atomic E-state index is 4.23. The predicted octanol–water partition coefficient (Wildman–Crippen LogP) is 2.33. The zero-order valence-electron chi connectivity index (χ0n) is 9.46. The van der Waals surface area contributed by atoms with E-state index in [1.54, 1.807) is 0 Å². The number of aromatic nitrogens is 2. The molecule has 2 rings (SSSR count). The third-order valence-electron chi connectivity index (χ3n) is 3.59. The van der Waals surface area contributed by atoms with Crippen LogP contribution in [0.2, 0.25) is 0 Å². The van der Waals surface area contributed by atoms with Crippen LogP contribution >= 0.6 is 0 Å². The normalized spacial score (nSPS) is 24.4. The Morgan fingerprint density at radius 1 is 1.57 bits per heavy atom. The molecule has 1 fully saturated rings. The number of nitrogens with one attached hydrogen (secondary N) is 1. The van der Waals surface area contributed by atoms with Crippen molar-refractivity contribution >= 4 is 5.69 Å². The Morgan fingerprint density at radius 3 is 2.64 bits per heavy atom. The van der Waals surface area contributed by atoms with Crippen molar-refractivity contribution in [1.82, 2.24) is 9.78 Å². The molecule has 0 bridgehead atoms. The van der Waals surface area contributed by atoms with Crippen molar-refractivity contribution in [2.45, 2.75) is 39.7 Å². The first-order chi connectivity index (χ1) is 6.50. The van der Waals surface area contributed by atoms with E-state index in [1.165, 1.54) is 24.2 Å². The van der Waals surface area contributed by atoms with E-state index in [2.05, 4.69) is 31.2 Å². The second-order valence-corrected chi connectivity index (χ2v) is 4.99. The van der Waals surface area contributed by atoms with Gasteiger partial charge in [0, 0.05) is 13.1 Å². The quantitative estimate of drug-likeness (QED) is 0.781. The van der Waals surface area contributed by atoms with E-state index in [9.17, 15) is 0 Å². The number of aryl methyl sites for hydroxylation is 1. The smallest absolute Gasteiger partial charge is 0.0758 e. The Kier molecular flexibility index (Phi) is 2.05. The molecule has 0 aliphatic heterocycles. The molecule has 0 amide bonds. The molecular formula is C11H19N3. The third-order valence-corrected chi connectivity index (χ3v) is 3.59. The van der Waals surface area contributed by atoms with Crippen LogP contribution in [0, 0.1) is 12.3 Å². The molecule has 0 aromatic carbocycles. The summed E-state index contributed by atoms with van der Waals surface area (Å²) < 4.78 is 1.91. The van der Waals surface area contributed by atoms with Gasteiger partial charge in [0.05, 0.1) is 17.6 Å². The highest BCUT2D eigenvalue weighted by Gasteiger charge is 2.38. The fraction of sp³-hybridized carbons (Fsp3) is 0.727. The zero-order valence-corrected chi connectivity index (χ0v) is 9.46. The molecule has 1 aliphatic carbocycles. The number of hydrogen-bond acceptors (Lipinski definition) is 2. The van der Waals surface area contributed by atoms with Gasteiger partial charge in [0.25, 0.3) is 0 Å². The van der Waals surface area contributed by atoms with E-state index in [0.29, 0.717) is 11.5 Å². The molecule has 1 aliphatic rings. The van der Waals surface area contributed by atoms with Gasteiger partial charge in [-0.2, -0.15) is 5.10 Å². The van der Waals surface area contributed by atoms with Crippen LogP contribution in [-0.2, 0) is 7.05 Å². The van der Waals surface area contributed by atoms with Gasteiger partial charge in [-0.3, -0.25) is 4.68 Å². The summed E-state index contributed by atoms with van der Waals surface area (Å²) in [5, 5.41) is 7.80. The highest BCUT2D eigenvalue weighted by molar-refractivity contribution is 5.47. The maximum Gasteiger partial charge on any atom is 0.0758 e. The van der Waals surface area contributed by atoms with Crippen molar-refractivity contribution in [3.63, 3.8) is 0 Å². The second kappa shape index (κ2) is 3.01. The minimum absolute atomic E-state index is 0.447. The van der Waals surface area contributed by atoms with Crippen LogP contribution in [0.3, 0.4) is 0 Å². The molecule has 1 N–H and O–H groups in total. The molecule has 1 atom stereocenters. The SMILES string of the molecule is Cc1c(NC2CCC2(C)C)cnn1C. The van der Waals surface area contributed by atoms with Gasteiger partial charge in [0.1, 0.15) is 0 Å². The van der Waals surface area contributed by atoms with E-state index < -0.39 is 0 Å². The molecule has 3 heteroatoms. The number of rotatable bonds is 2. The highest BCUT2D eigenvalue weighted by atomic mass is 15.3. The molecule has 1 saturated carbocycles. The topological polar surface area (TPSA) is 29.9 Å². The molecule has 0 spiro atoms. The summed E-state index contributed by atoms with van der Waals surface area (Å²) in [6.45, 7) is 6.74. The molecule has 1 aromatic heterocycles. The Bertz CT molecular complexity index is 338. The van der Waals surface area contributed by atoms with E-state index >= 15 is 0 Å². The largest absolute Gasteiger partial charge is 0.379 e. The lowest BCUT2D eigenvalue weighted by Gasteiger charge is -2.45. The molecule has 14 heavy (non-hydrogen) atoms. The fourth-order valence-corrected chi connectivity index (χ4v) is 1.96. The fourth-order valence-electron chi connectivity index (χ4n) is 1.96. The zero-order chi connectivity index (χ0) is 10.3. The number of nitrogens with zero attached hydrogens (tertiary/aromatic N) is 2. The maximum atomic E-state index is 4.23. The Hall–Kier alpha value is -0.990. The molecule has 1 aromatic rings. The van der Waals surface area contributed by atoms with Gasteiger partial charge in [-0.15, -0.1) is 0 Å². The van der Waals surface area contributed by atoms with Crippen LogP contribution in [0.15, 0.2) is 6.20 Å². The van der Waals surface area contributed by atoms with Crippen molar-refractivity contribution in [2.24, 2.45) is 12.5 Å². The average Bonchev–Trinajstić information content (AvgIpc) is 2.43. The highest BCUT2D eigenvalue weighted by Crippen LogP contribution is 2.41. The molecule has 3 nitrogen and oxygen atoms in total. The number of anilines is 1. The van der Waals surface area contributed by atoms with Crippen molar-refractivity contribution in [2.75, 3.05) is 5.32 Å². The summed E-state index contributed by atoms with van der Waals surface area (Å²) in [4.78, 5) is 0. The molecule has 78 valence electrons. The van der Waals surface area contributed by atoms with Gasteiger partial charge in [0.2, 0.25) is 0 Å². The van der Waals surface area contributed by atoms with Crippen molar-refractivity contribution in [3.05, 3.63) is 11.9 Å². The summed E-state index contributed by atoms with van der Waals surface area (Å²) in [7, 11) is 1.98. The second-order valence-electron chi connectivity index (χ2n) is 4.99. The first-order valence-corrected chi connectivity index (χ1v) is 5.26. The Labute approximate surface area is 85.5 Å². The standard InChI is InChI=1S/C11H19N3/c1-8-9(7-12-14(8)4)13-10-5-6-11(10,2)3/h7,10,13H,5-6H2,1-4H3. The minimum atomic E-state index is 0.447. The summed E-state index contributed by atoms with van der Waals surface area (Å²) in [6, 6.07) is 0.616. The van der Waals surface area contributed by atoms with Crippen LogP contribution in [0.25, 0.3) is 0 Å². The summed E-state index contributed by atoms with van der Waals surface area (Å²) in [5.74, 6) is 0. The molecule has 0 saturated heterocycles. The van der Waals surface area contributed by atoms with Gasteiger partial charge in [0.15, 0.2) is 0 Å². The van der Waals surface area contributed by atoms with Crippen molar-refractivity contribution < 1.29 is 0 Å². The van der Waals surface area contributed by atoms with Gasteiger partial charge in [-0.25, -0.2) is 0 Å². The first kappa shape index (κ1) is 9.56. The van der Waals surface area contributed by atoms with Crippen molar-refractivity contribution in [3.8, 4) is 0 Å². The lowest BCUT2D eigenvalue weighted by molar-refractivity contribution is 0.160. The van der Waals surface area contributed by atoms with Crippen LogP contribution in [0.5, 0.6) is 0 Å². The molecule has 0 radical (unpaired) electrons. The van der Waals surface area contributed by atoms with Crippen LogP contribution < -0.4 is 5.32 Å². The molecular weight excluding hydrogens is 174 g/mol. The van der Waals surface area contributed by atoms with Crippen molar-refractivity contribution in [1.29, 1.82) is 0 Å². The Morgan fingerprint density at radius 2 is 2.29 bits per heavy atom. The summed E-state index contributed by atoms with van der Waals surface area (Å²) >= 11 is 0. The lowest BCUT2D eigenvalue weighted by atomic mass is 9.67. The lowest BCUT2D eigenvalue weighted by Crippen LogP contribution is -2.45. The van der Waals surface area contributed by atoms with Crippen LogP contribution in [0.1, 0.15) is 32.4 Å². The van der Waals surface area contributed by atoms with Gasteiger partial charge >= 0.3 is 0 Å². The first-order valence-electron chi connectivity index (χ1n) is 5.26.